The molecule has 17 heavy (non-hydrogen) atoms. The summed E-state index contributed by atoms with van der Waals surface area (Å²) in [5, 5.41) is 3.23. The third kappa shape index (κ3) is 3.63. The Hall–Kier alpha value is -1.22. The summed E-state index contributed by atoms with van der Waals surface area (Å²) in [4.78, 5) is 2.41. The Morgan fingerprint density at radius 2 is 1.76 bits per heavy atom. The molecule has 1 aromatic carbocycles. The van der Waals surface area contributed by atoms with E-state index in [1.165, 1.54) is 11.4 Å². The molecule has 3 heteroatoms. The summed E-state index contributed by atoms with van der Waals surface area (Å²) in [6.45, 7) is 6.14. The van der Waals surface area contributed by atoms with Gasteiger partial charge in [-0.15, -0.1) is 0 Å². The van der Waals surface area contributed by atoms with Gasteiger partial charge in [0.25, 0.3) is 0 Å². The molecule has 1 aromatic rings. The molecule has 0 saturated carbocycles. The second-order valence-electron chi connectivity index (χ2n) is 4.09. The molecular formula is C14H25N3. The Morgan fingerprint density at radius 3 is 2.35 bits per heavy atom. The molecule has 2 rings (SSSR count). The Balaban J connectivity index is 0.000000686. The molecule has 0 radical (unpaired) electrons. The molecule has 0 aliphatic carbocycles. The molecule has 0 atom stereocenters. The quantitative estimate of drug-likeness (QED) is 0.828. The molecule has 96 valence electrons. The number of hydrogen-bond acceptors (Lipinski definition) is 3. The first kappa shape index (κ1) is 13.8. The van der Waals surface area contributed by atoms with E-state index in [9.17, 15) is 0 Å². The summed E-state index contributed by atoms with van der Waals surface area (Å²) in [6.07, 6.45) is 2.19. The van der Waals surface area contributed by atoms with Crippen molar-refractivity contribution in [1.29, 1.82) is 0 Å². The van der Waals surface area contributed by atoms with Gasteiger partial charge in [0.05, 0.1) is 11.4 Å². The SMILES string of the molecule is CC.CNc1ccccc1N1CCC(N)CC1. The lowest BCUT2D eigenvalue weighted by atomic mass is 10.1. The van der Waals surface area contributed by atoms with Crippen molar-refractivity contribution in [2.24, 2.45) is 5.73 Å². The molecular weight excluding hydrogens is 210 g/mol. The van der Waals surface area contributed by atoms with Crippen LogP contribution in [0.1, 0.15) is 26.7 Å². The fraction of sp³-hybridized carbons (Fsp3) is 0.571. The van der Waals surface area contributed by atoms with Crippen LogP contribution in [0.5, 0.6) is 0 Å². The van der Waals surface area contributed by atoms with E-state index < -0.39 is 0 Å². The van der Waals surface area contributed by atoms with Crippen molar-refractivity contribution in [2.45, 2.75) is 32.7 Å². The van der Waals surface area contributed by atoms with Gasteiger partial charge in [-0.05, 0) is 25.0 Å². The Labute approximate surface area is 105 Å². The Kier molecular flexibility index (Phi) is 5.84. The molecule has 1 aliphatic heterocycles. The third-order valence-corrected chi connectivity index (χ3v) is 3.05. The zero-order chi connectivity index (χ0) is 12.7. The maximum atomic E-state index is 5.90. The minimum atomic E-state index is 0.392. The van der Waals surface area contributed by atoms with E-state index in [1.807, 2.05) is 20.9 Å². The highest BCUT2D eigenvalue weighted by molar-refractivity contribution is 5.69. The van der Waals surface area contributed by atoms with Gasteiger partial charge in [0, 0.05) is 26.2 Å². The van der Waals surface area contributed by atoms with Crippen LogP contribution in [-0.4, -0.2) is 26.2 Å². The largest absolute Gasteiger partial charge is 0.386 e. The summed E-state index contributed by atoms with van der Waals surface area (Å²) < 4.78 is 0. The van der Waals surface area contributed by atoms with E-state index in [-0.39, 0.29) is 0 Å². The van der Waals surface area contributed by atoms with E-state index in [0.717, 1.165) is 25.9 Å². The molecule has 1 aliphatic rings. The van der Waals surface area contributed by atoms with Crippen LogP contribution in [0.4, 0.5) is 11.4 Å². The number of anilines is 2. The van der Waals surface area contributed by atoms with Crippen LogP contribution < -0.4 is 16.0 Å². The normalized spacial score (nSPS) is 16.1. The lowest BCUT2D eigenvalue weighted by molar-refractivity contribution is 0.501. The van der Waals surface area contributed by atoms with Gasteiger partial charge in [-0.25, -0.2) is 0 Å². The number of nitrogens with one attached hydrogen (secondary N) is 1. The van der Waals surface area contributed by atoms with Crippen molar-refractivity contribution in [3.8, 4) is 0 Å². The molecule has 1 fully saturated rings. The molecule has 0 spiro atoms. The molecule has 1 heterocycles. The second kappa shape index (κ2) is 7.17. The number of nitrogens with two attached hydrogens (primary N) is 1. The average molecular weight is 235 g/mol. The number of para-hydroxylation sites is 2. The van der Waals surface area contributed by atoms with Crippen LogP contribution in [-0.2, 0) is 0 Å². The van der Waals surface area contributed by atoms with Crippen molar-refractivity contribution in [3.05, 3.63) is 24.3 Å². The van der Waals surface area contributed by atoms with E-state index >= 15 is 0 Å². The Morgan fingerprint density at radius 1 is 1.18 bits per heavy atom. The maximum Gasteiger partial charge on any atom is 0.0601 e. The van der Waals surface area contributed by atoms with Gasteiger partial charge in [0.15, 0.2) is 0 Å². The highest BCUT2D eigenvalue weighted by Crippen LogP contribution is 2.27. The maximum absolute atomic E-state index is 5.90. The lowest BCUT2D eigenvalue weighted by Crippen LogP contribution is -2.39. The Bertz CT molecular complexity index is 317. The first-order valence-corrected chi connectivity index (χ1v) is 6.58. The number of hydrogen-bond donors (Lipinski definition) is 2. The second-order valence-corrected chi connectivity index (χ2v) is 4.09. The van der Waals surface area contributed by atoms with Gasteiger partial charge < -0.3 is 16.0 Å². The fourth-order valence-corrected chi connectivity index (χ4v) is 2.10. The van der Waals surface area contributed by atoms with Gasteiger partial charge >= 0.3 is 0 Å². The molecule has 0 amide bonds. The van der Waals surface area contributed by atoms with Crippen molar-refractivity contribution < 1.29 is 0 Å². The van der Waals surface area contributed by atoms with E-state index in [4.69, 9.17) is 5.73 Å². The van der Waals surface area contributed by atoms with Crippen LogP contribution in [0.15, 0.2) is 24.3 Å². The predicted molar refractivity (Wildman–Crippen MR) is 76.8 cm³/mol. The summed E-state index contributed by atoms with van der Waals surface area (Å²) in [6, 6.07) is 8.82. The minimum Gasteiger partial charge on any atom is -0.386 e. The monoisotopic (exact) mass is 235 g/mol. The summed E-state index contributed by atoms with van der Waals surface area (Å²) in [7, 11) is 1.97. The first-order valence-electron chi connectivity index (χ1n) is 6.58. The predicted octanol–water partition coefficient (Wildman–Crippen LogP) is 2.68. The average Bonchev–Trinajstić information content (AvgIpc) is 2.42. The van der Waals surface area contributed by atoms with Crippen LogP contribution in [0, 0.1) is 0 Å². The minimum absolute atomic E-state index is 0.392. The lowest BCUT2D eigenvalue weighted by Gasteiger charge is -2.33. The van der Waals surface area contributed by atoms with E-state index in [1.54, 1.807) is 0 Å². The number of piperidine rings is 1. The number of benzene rings is 1. The van der Waals surface area contributed by atoms with Gasteiger partial charge in [-0.3, -0.25) is 0 Å². The highest BCUT2D eigenvalue weighted by atomic mass is 15.2. The molecule has 3 nitrogen and oxygen atoms in total. The summed E-state index contributed by atoms with van der Waals surface area (Å²) in [5.74, 6) is 0. The van der Waals surface area contributed by atoms with Crippen molar-refractivity contribution in [3.63, 3.8) is 0 Å². The van der Waals surface area contributed by atoms with E-state index in [0.29, 0.717) is 6.04 Å². The smallest absolute Gasteiger partial charge is 0.0601 e. The number of nitrogens with zero attached hydrogens (tertiary/aromatic N) is 1. The van der Waals surface area contributed by atoms with Crippen LogP contribution in [0.25, 0.3) is 0 Å². The topological polar surface area (TPSA) is 41.3 Å². The molecule has 1 saturated heterocycles. The highest BCUT2D eigenvalue weighted by Gasteiger charge is 2.17. The standard InChI is InChI=1S/C12H19N3.C2H6/c1-14-11-4-2-3-5-12(11)15-8-6-10(13)7-9-15;1-2/h2-5,10,14H,6-9,13H2,1H3;1-2H3. The first-order chi connectivity index (χ1) is 8.31. The van der Waals surface area contributed by atoms with Gasteiger partial charge in [0.2, 0.25) is 0 Å². The van der Waals surface area contributed by atoms with Crippen LogP contribution >= 0.6 is 0 Å². The van der Waals surface area contributed by atoms with Gasteiger partial charge in [-0.2, -0.15) is 0 Å². The number of rotatable bonds is 2. The van der Waals surface area contributed by atoms with Gasteiger partial charge in [0.1, 0.15) is 0 Å². The molecule has 3 N–H and O–H groups in total. The molecule has 0 bridgehead atoms. The zero-order valence-corrected chi connectivity index (χ0v) is 11.2. The van der Waals surface area contributed by atoms with Crippen LogP contribution in [0.3, 0.4) is 0 Å². The third-order valence-electron chi connectivity index (χ3n) is 3.05. The van der Waals surface area contributed by atoms with Crippen molar-refractivity contribution in [1.82, 2.24) is 0 Å². The van der Waals surface area contributed by atoms with Gasteiger partial charge in [-0.1, -0.05) is 26.0 Å². The summed E-state index contributed by atoms with van der Waals surface area (Å²) >= 11 is 0. The zero-order valence-electron chi connectivity index (χ0n) is 11.2. The van der Waals surface area contributed by atoms with Crippen molar-refractivity contribution >= 4 is 11.4 Å². The van der Waals surface area contributed by atoms with Crippen molar-refractivity contribution in [2.75, 3.05) is 30.4 Å². The molecule has 0 unspecified atom stereocenters. The molecule has 0 aromatic heterocycles. The van der Waals surface area contributed by atoms with Crippen LogP contribution in [0.2, 0.25) is 0 Å². The van der Waals surface area contributed by atoms with E-state index in [2.05, 4.69) is 34.5 Å². The summed E-state index contributed by atoms with van der Waals surface area (Å²) in [5.41, 5.74) is 8.40. The fourth-order valence-electron chi connectivity index (χ4n) is 2.10.